The Bertz CT molecular complexity index is 908. The van der Waals surface area contributed by atoms with Crippen LogP contribution in [-0.4, -0.2) is 35.7 Å². The molecular weight excluding hydrogens is 358 g/mol. The molecule has 0 aromatic heterocycles. The molecule has 2 amide bonds. The van der Waals surface area contributed by atoms with Gasteiger partial charge in [0, 0.05) is 5.92 Å². The molecular formula is C22H21NO5. The van der Waals surface area contributed by atoms with Crippen molar-refractivity contribution < 1.29 is 23.9 Å². The zero-order chi connectivity index (χ0) is 19.8. The average Bonchev–Trinajstić information content (AvgIpc) is 3.19. The van der Waals surface area contributed by atoms with Crippen LogP contribution in [-0.2, 0) is 14.3 Å². The number of cyclic esters (lactones) is 2. The fraction of sp³-hybridized carbons (Fsp3) is 0.318. The number of amides is 2. The smallest absolute Gasteiger partial charge is 0.427 e. The quantitative estimate of drug-likeness (QED) is 0.584. The Morgan fingerprint density at radius 3 is 2.21 bits per heavy atom. The van der Waals surface area contributed by atoms with Crippen molar-refractivity contribution in [3.63, 3.8) is 0 Å². The number of imide groups is 1. The van der Waals surface area contributed by atoms with E-state index in [0.717, 1.165) is 27.2 Å². The van der Waals surface area contributed by atoms with Crippen molar-refractivity contribution in [3.8, 4) is 11.1 Å². The number of fused-ring (bicyclic) bond motifs is 3. The number of ether oxygens (including phenoxy) is 2. The molecule has 2 unspecified atom stereocenters. The zero-order valence-electron chi connectivity index (χ0n) is 15.8. The molecule has 144 valence electrons. The van der Waals surface area contributed by atoms with Crippen molar-refractivity contribution in [1.29, 1.82) is 0 Å². The lowest BCUT2D eigenvalue weighted by Crippen LogP contribution is -2.44. The van der Waals surface area contributed by atoms with Gasteiger partial charge in [0.1, 0.15) is 12.6 Å². The van der Waals surface area contributed by atoms with Crippen molar-refractivity contribution in [3.05, 3.63) is 59.7 Å². The first-order chi connectivity index (χ1) is 13.5. The molecule has 0 saturated carbocycles. The summed E-state index contributed by atoms with van der Waals surface area (Å²) in [6.07, 6.45) is -1.18. The van der Waals surface area contributed by atoms with Crippen molar-refractivity contribution in [2.24, 2.45) is 5.92 Å². The highest BCUT2D eigenvalue weighted by Crippen LogP contribution is 2.44. The SMILES string of the molecule is CCC(C)C1C(=O)OC(=O)N1C(=O)OCC1c2ccccc2-c2ccccc21. The molecule has 0 radical (unpaired) electrons. The molecule has 2 aromatic carbocycles. The summed E-state index contributed by atoms with van der Waals surface area (Å²) >= 11 is 0. The number of rotatable bonds is 4. The van der Waals surface area contributed by atoms with Crippen LogP contribution < -0.4 is 0 Å². The molecule has 1 fully saturated rings. The van der Waals surface area contributed by atoms with Gasteiger partial charge in [0.15, 0.2) is 0 Å². The van der Waals surface area contributed by atoms with Crippen molar-refractivity contribution in [2.75, 3.05) is 6.61 Å². The van der Waals surface area contributed by atoms with Crippen molar-refractivity contribution >= 4 is 18.2 Å². The lowest BCUT2D eigenvalue weighted by atomic mass is 9.98. The number of carbonyl (C=O) groups excluding carboxylic acids is 3. The molecule has 2 atom stereocenters. The predicted molar refractivity (Wildman–Crippen MR) is 102 cm³/mol. The van der Waals surface area contributed by atoms with Gasteiger partial charge in [0.25, 0.3) is 0 Å². The third-order valence-corrected chi connectivity index (χ3v) is 5.62. The largest absolute Gasteiger partial charge is 0.448 e. The van der Waals surface area contributed by atoms with E-state index in [1.165, 1.54) is 0 Å². The highest BCUT2D eigenvalue weighted by Gasteiger charge is 2.48. The number of hydrogen-bond acceptors (Lipinski definition) is 5. The Morgan fingerprint density at radius 2 is 1.64 bits per heavy atom. The van der Waals surface area contributed by atoms with Crippen LogP contribution in [0.4, 0.5) is 9.59 Å². The summed E-state index contributed by atoms with van der Waals surface area (Å²) in [5.74, 6) is -1.03. The fourth-order valence-electron chi connectivity index (χ4n) is 3.98. The van der Waals surface area contributed by atoms with E-state index in [1.807, 2.05) is 55.5 Å². The van der Waals surface area contributed by atoms with Gasteiger partial charge in [-0.15, -0.1) is 0 Å². The molecule has 1 saturated heterocycles. The highest BCUT2D eigenvalue weighted by atomic mass is 16.6. The Balaban J connectivity index is 1.55. The highest BCUT2D eigenvalue weighted by molar-refractivity contribution is 6.04. The maximum atomic E-state index is 12.7. The molecule has 0 bridgehead atoms. The van der Waals surface area contributed by atoms with E-state index in [-0.39, 0.29) is 18.4 Å². The van der Waals surface area contributed by atoms with Crippen LogP contribution in [0.25, 0.3) is 11.1 Å². The van der Waals surface area contributed by atoms with E-state index in [2.05, 4.69) is 4.74 Å². The summed E-state index contributed by atoms with van der Waals surface area (Å²) in [4.78, 5) is 37.5. The fourth-order valence-corrected chi connectivity index (χ4v) is 3.98. The Kier molecular flexibility index (Phi) is 4.63. The molecule has 4 rings (SSSR count). The number of esters is 1. The summed E-state index contributed by atoms with van der Waals surface area (Å²) in [7, 11) is 0. The molecule has 28 heavy (non-hydrogen) atoms. The lowest BCUT2D eigenvalue weighted by Gasteiger charge is -2.23. The minimum atomic E-state index is -0.965. The molecule has 0 N–H and O–H groups in total. The van der Waals surface area contributed by atoms with Crippen molar-refractivity contribution in [1.82, 2.24) is 4.90 Å². The first-order valence-electron chi connectivity index (χ1n) is 9.42. The Labute approximate surface area is 163 Å². The number of carbonyl (C=O) groups is 3. The number of hydrogen-bond donors (Lipinski definition) is 0. The molecule has 6 nitrogen and oxygen atoms in total. The van der Waals surface area contributed by atoms with Gasteiger partial charge in [-0.1, -0.05) is 68.8 Å². The maximum absolute atomic E-state index is 12.7. The van der Waals surface area contributed by atoms with E-state index < -0.39 is 24.2 Å². The minimum absolute atomic E-state index is 0.0814. The maximum Gasteiger partial charge on any atom is 0.427 e. The summed E-state index contributed by atoms with van der Waals surface area (Å²) in [5.41, 5.74) is 4.39. The Morgan fingerprint density at radius 1 is 1.07 bits per heavy atom. The van der Waals surface area contributed by atoms with Crippen LogP contribution >= 0.6 is 0 Å². The second kappa shape index (κ2) is 7.11. The van der Waals surface area contributed by atoms with Gasteiger partial charge >= 0.3 is 18.2 Å². The molecule has 2 aliphatic rings. The van der Waals surface area contributed by atoms with Crippen molar-refractivity contribution in [2.45, 2.75) is 32.2 Å². The summed E-state index contributed by atoms with van der Waals surface area (Å²) in [5, 5.41) is 0. The van der Waals surface area contributed by atoms with Crippen LogP contribution in [0.5, 0.6) is 0 Å². The molecule has 6 heteroatoms. The van der Waals surface area contributed by atoms with Gasteiger partial charge in [0.05, 0.1) is 0 Å². The summed E-state index contributed by atoms with van der Waals surface area (Å²) < 4.78 is 10.2. The van der Waals surface area contributed by atoms with Gasteiger partial charge < -0.3 is 9.47 Å². The molecule has 2 aromatic rings. The van der Waals surface area contributed by atoms with Crippen LogP contribution in [0.2, 0.25) is 0 Å². The topological polar surface area (TPSA) is 72.9 Å². The zero-order valence-corrected chi connectivity index (χ0v) is 15.8. The van der Waals surface area contributed by atoms with Crippen LogP contribution in [0, 0.1) is 5.92 Å². The van der Waals surface area contributed by atoms with E-state index in [9.17, 15) is 14.4 Å². The summed E-state index contributed by atoms with van der Waals surface area (Å²) in [6.45, 7) is 3.77. The molecule has 1 aliphatic carbocycles. The average molecular weight is 379 g/mol. The van der Waals surface area contributed by atoms with E-state index in [1.54, 1.807) is 6.92 Å². The van der Waals surface area contributed by atoms with E-state index >= 15 is 0 Å². The Hall–Kier alpha value is -3.15. The lowest BCUT2D eigenvalue weighted by molar-refractivity contribution is -0.137. The standard InChI is InChI=1S/C22H21NO5/c1-3-13(2)19-20(24)28-22(26)23(19)21(25)27-12-18-16-10-6-4-8-14(16)15-9-5-7-11-17(15)18/h4-11,13,18-19H,3,12H2,1-2H3. The third-order valence-electron chi connectivity index (χ3n) is 5.62. The number of nitrogens with zero attached hydrogens (tertiary/aromatic N) is 1. The van der Waals surface area contributed by atoms with E-state index in [4.69, 9.17) is 4.74 Å². The van der Waals surface area contributed by atoms with Crippen LogP contribution in [0.3, 0.4) is 0 Å². The molecule has 1 heterocycles. The minimum Gasteiger partial charge on any atom is -0.448 e. The molecule has 0 spiro atoms. The first kappa shape index (κ1) is 18.2. The van der Waals surface area contributed by atoms with Gasteiger partial charge in [-0.25, -0.2) is 14.4 Å². The van der Waals surface area contributed by atoms with Gasteiger partial charge in [-0.05, 0) is 28.2 Å². The molecule has 1 aliphatic heterocycles. The normalized spacial score (nSPS) is 19.2. The summed E-state index contributed by atoms with van der Waals surface area (Å²) in [6, 6.07) is 15.1. The van der Waals surface area contributed by atoms with Gasteiger partial charge in [-0.3, -0.25) is 0 Å². The van der Waals surface area contributed by atoms with Crippen LogP contribution in [0.15, 0.2) is 48.5 Å². The van der Waals surface area contributed by atoms with E-state index in [0.29, 0.717) is 6.42 Å². The van der Waals surface area contributed by atoms with Gasteiger partial charge in [0.2, 0.25) is 0 Å². The second-order valence-corrected chi connectivity index (χ2v) is 7.19. The van der Waals surface area contributed by atoms with Crippen LogP contribution in [0.1, 0.15) is 37.3 Å². The first-order valence-corrected chi connectivity index (χ1v) is 9.42. The number of benzene rings is 2. The monoisotopic (exact) mass is 379 g/mol. The van der Waals surface area contributed by atoms with Gasteiger partial charge in [-0.2, -0.15) is 4.90 Å². The predicted octanol–water partition coefficient (Wildman–Crippen LogP) is 4.33. The second-order valence-electron chi connectivity index (χ2n) is 7.19. The third kappa shape index (κ3) is 2.85.